The largest absolute Gasteiger partial charge is 0.418 e. The van der Waals surface area contributed by atoms with E-state index in [-0.39, 0.29) is 11.4 Å². The van der Waals surface area contributed by atoms with Crippen molar-refractivity contribution in [3.63, 3.8) is 0 Å². The Morgan fingerprint density at radius 2 is 1.71 bits per heavy atom. The molecular formula is C22H26F4N2. The van der Waals surface area contributed by atoms with E-state index >= 15 is 0 Å². The standard InChI is InChI=1S/C14H19F.C8H7F3N2/c1-11(12-5-3-2-4-6-12)13-7-9-14(15)10-8-13;1-2-6-7(12)5(3-4-13-6)8(9,10)11/h2-6,11,13-14H,7-10H2,1H3;2-4H,1,12H2. The molecule has 0 saturated heterocycles. The molecule has 6 heteroatoms. The van der Waals surface area contributed by atoms with Gasteiger partial charge in [0.15, 0.2) is 0 Å². The zero-order valence-corrected chi connectivity index (χ0v) is 15.9. The quantitative estimate of drug-likeness (QED) is 0.592. The van der Waals surface area contributed by atoms with Gasteiger partial charge in [-0.15, -0.1) is 0 Å². The third kappa shape index (κ3) is 5.81. The van der Waals surface area contributed by atoms with Crippen LogP contribution in [0.15, 0.2) is 49.2 Å². The maximum absolute atomic E-state index is 13.0. The van der Waals surface area contributed by atoms with Gasteiger partial charge in [0.1, 0.15) is 6.17 Å². The van der Waals surface area contributed by atoms with Gasteiger partial charge in [-0.05, 0) is 55.2 Å². The van der Waals surface area contributed by atoms with Crippen molar-refractivity contribution in [2.45, 2.75) is 50.9 Å². The van der Waals surface area contributed by atoms with Crippen LogP contribution in [0.3, 0.4) is 0 Å². The summed E-state index contributed by atoms with van der Waals surface area (Å²) >= 11 is 0. The number of halogens is 4. The third-order valence-corrected chi connectivity index (χ3v) is 5.25. The number of alkyl halides is 4. The molecule has 2 N–H and O–H groups in total. The van der Waals surface area contributed by atoms with E-state index in [4.69, 9.17) is 5.73 Å². The summed E-state index contributed by atoms with van der Waals surface area (Å²) in [4.78, 5) is 3.63. The summed E-state index contributed by atoms with van der Waals surface area (Å²) in [6, 6.07) is 11.4. The number of anilines is 1. The van der Waals surface area contributed by atoms with Gasteiger partial charge in [-0.1, -0.05) is 43.8 Å². The van der Waals surface area contributed by atoms with E-state index in [1.54, 1.807) is 0 Å². The lowest BCUT2D eigenvalue weighted by Crippen LogP contribution is -2.19. The molecule has 1 aromatic heterocycles. The van der Waals surface area contributed by atoms with E-state index in [1.165, 1.54) is 11.6 Å². The lowest BCUT2D eigenvalue weighted by molar-refractivity contribution is -0.137. The minimum Gasteiger partial charge on any atom is -0.396 e. The van der Waals surface area contributed by atoms with E-state index in [0.717, 1.165) is 37.9 Å². The second-order valence-corrected chi connectivity index (χ2v) is 7.07. The van der Waals surface area contributed by atoms with E-state index in [2.05, 4.69) is 48.8 Å². The third-order valence-electron chi connectivity index (χ3n) is 5.25. The molecule has 1 heterocycles. The van der Waals surface area contributed by atoms with Crippen LogP contribution >= 0.6 is 0 Å². The summed E-state index contributed by atoms with van der Waals surface area (Å²) in [5.41, 5.74) is 5.42. The molecule has 0 amide bonds. The second kappa shape index (κ2) is 9.71. The van der Waals surface area contributed by atoms with Crippen LogP contribution in [0.1, 0.15) is 55.3 Å². The van der Waals surface area contributed by atoms with Gasteiger partial charge in [-0.3, -0.25) is 4.98 Å². The topological polar surface area (TPSA) is 38.9 Å². The Kier molecular flexibility index (Phi) is 7.61. The molecule has 1 unspecified atom stereocenters. The highest BCUT2D eigenvalue weighted by molar-refractivity contribution is 5.63. The van der Waals surface area contributed by atoms with Gasteiger partial charge in [0.2, 0.25) is 0 Å². The number of benzene rings is 1. The summed E-state index contributed by atoms with van der Waals surface area (Å²) in [6.07, 6.45) is 0.896. The minimum atomic E-state index is -4.44. The van der Waals surface area contributed by atoms with Crippen molar-refractivity contribution in [2.75, 3.05) is 5.73 Å². The number of pyridine rings is 1. The Morgan fingerprint density at radius 3 is 2.25 bits per heavy atom. The summed E-state index contributed by atoms with van der Waals surface area (Å²) in [5, 5.41) is 0. The molecule has 0 radical (unpaired) electrons. The van der Waals surface area contributed by atoms with Crippen molar-refractivity contribution in [3.8, 4) is 0 Å². The molecule has 2 nitrogen and oxygen atoms in total. The first-order valence-electron chi connectivity index (χ1n) is 9.37. The molecule has 152 valence electrons. The van der Waals surface area contributed by atoms with Crippen LogP contribution in [0.25, 0.3) is 6.08 Å². The molecule has 1 aliphatic rings. The lowest BCUT2D eigenvalue weighted by Gasteiger charge is -2.29. The summed E-state index contributed by atoms with van der Waals surface area (Å²) < 4.78 is 49.7. The van der Waals surface area contributed by atoms with Crippen LogP contribution in [-0.2, 0) is 6.18 Å². The van der Waals surface area contributed by atoms with E-state index in [9.17, 15) is 17.6 Å². The molecule has 1 aliphatic carbocycles. The van der Waals surface area contributed by atoms with Gasteiger partial charge >= 0.3 is 6.18 Å². The van der Waals surface area contributed by atoms with Gasteiger partial charge in [0.25, 0.3) is 0 Å². The predicted molar refractivity (Wildman–Crippen MR) is 105 cm³/mol. The average molecular weight is 394 g/mol. The first-order valence-corrected chi connectivity index (χ1v) is 9.37. The SMILES string of the molecule is C=Cc1nccc(C(F)(F)F)c1N.CC(c1ccccc1)C1CCC(F)CC1. The van der Waals surface area contributed by atoms with Crippen molar-refractivity contribution >= 4 is 11.8 Å². The molecule has 0 bridgehead atoms. The van der Waals surface area contributed by atoms with Crippen LogP contribution in [0, 0.1) is 5.92 Å². The Balaban J connectivity index is 0.000000203. The van der Waals surface area contributed by atoms with Crippen LogP contribution < -0.4 is 5.73 Å². The van der Waals surface area contributed by atoms with Crippen LogP contribution in [-0.4, -0.2) is 11.2 Å². The maximum Gasteiger partial charge on any atom is 0.418 e. The Hall–Kier alpha value is -2.37. The number of rotatable bonds is 3. The number of nitrogens with zero attached hydrogens (tertiary/aromatic N) is 1. The molecule has 1 saturated carbocycles. The summed E-state index contributed by atoms with van der Waals surface area (Å²) in [5.74, 6) is 1.26. The highest BCUT2D eigenvalue weighted by atomic mass is 19.4. The second-order valence-electron chi connectivity index (χ2n) is 7.07. The lowest BCUT2D eigenvalue weighted by atomic mass is 9.77. The van der Waals surface area contributed by atoms with Gasteiger partial charge < -0.3 is 5.73 Å². The van der Waals surface area contributed by atoms with Crippen LogP contribution in [0.4, 0.5) is 23.2 Å². The van der Waals surface area contributed by atoms with Gasteiger partial charge in [-0.2, -0.15) is 13.2 Å². The molecule has 1 atom stereocenters. The fourth-order valence-electron chi connectivity index (χ4n) is 3.51. The smallest absolute Gasteiger partial charge is 0.396 e. The Labute approximate surface area is 163 Å². The van der Waals surface area contributed by atoms with Crippen LogP contribution in [0.2, 0.25) is 0 Å². The fraction of sp³-hybridized carbons (Fsp3) is 0.409. The zero-order valence-electron chi connectivity index (χ0n) is 15.9. The van der Waals surface area contributed by atoms with E-state index in [1.807, 2.05) is 0 Å². The van der Waals surface area contributed by atoms with Crippen molar-refractivity contribution in [2.24, 2.45) is 5.92 Å². The molecule has 2 aromatic rings. The number of nitrogens with two attached hydrogens (primary N) is 1. The Morgan fingerprint density at radius 1 is 1.11 bits per heavy atom. The number of nitrogen functional groups attached to an aromatic ring is 1. The van der Waals surface area contributed by atoms with E-state index < -0.39 is 17.9 Å². The number of hydrogen-bond acceptors (Lipinski definition) is 2. The van der Waals surface area contributed by atoms with Crippen LogP contribution in [0.5, 0.6) is 0 Å². The number of hydrogen-bond donors (Lipinski definition) is 1. The minimum absolute atomic E-state index is 0.0508. The fourth-order valence-corrected chi connectivity index (χ4v) is 3.51. The van der Waals surface area contributed by atoms with Gasteiger partial charge in [0.05, 0.1) is 16.9 Å². The molecule has 3 rings (SSSR count). The predicted octanol–water partition coefficient (Wildman–Crippen LogP) is 6.64. The molecule has 0 aliphatic heterocycles. The normalized spacial score (nSPS) is 20.6. The van der Waals surface area contributed by atoms with Gasteiger partial charge in [-0.25, -0.2) is 4.39 Å². The highest BCUT2D eigenvalue weighted by Gasteiger charge is 2.33. The zero-order chi connectivity index (χ0) is 20.7. The van der Waals surface area contributed by atoms with Crippen molar-refractivity contribution < 1.29 is 17.6 Å². The highest BCUT2D eigenvalue weighted by Crippen LogP contribution is 2.36. The molecule has 1 aromatic carbocycles. The Bertz CT molecular complexity index is 751. The van der Waals surface area contributed by atoms with Gasteiger partial charge in [0, 0.05) is 6.20 Å². The summed E-state index contributed by atoms with van der Waals surface area (Å²) in [6.45, 7) is 5.58. The monoisotopic (exact) mass is 394 g/mol. The van der Waals surface area contributed by atoms with Crippen molar-refractivity contribution in [1.29, 1.82) is 0 Å². The van der Waals surface area contributed by atoms with Crippen molar-refractivity contribution in [3.05, 3.63) is 66.0 Å². The van der Waals surface area contributed by atoms with Crippen molar-refractivity contribution in [1.82, 2.24) is 4.98 Å². The molecule has 0 spiro atoms. The maximum atomic E-state index is 13.0. The summed E-state index contributed by atoms with van der Waals surface area (Å²) in [7, 11) is 0. The molecule has 1 fully saturated rings. The first-order chi connectivity index (χ1) is 13.2. The van der Waals surface area contributed by atoms with E-state index in [0.29, 0.717) is 11.8 Å². The molecule has 28 heavy (non-hydrogen) atoms. The first kappa shape index (κ1) is 21.9. The number of aromatic nitrogens is 1. The molecular weight excluding hydrogens is 368 g/mol. The average Bonchev–Trinajstić information content (AvgIpc) is 2.68.